The smallest absolute Gasteiger partial charge is 0.238 e. The van der Waals surface area contributed by atoms with Crippen molar-refractivity contribution in [1.29, 1.82) is 0 Å². The number of phenolic OH excluding ortho intramolecular Hbond substituents is 4. The van der Waals surface area contributed by atoms with Crippen molar-refractivity contribution in [3.8, 4) is 40.1 Å². The molecule has 0 aliphatic heterocycles. The van der Waals surface area contributed by atoms with E-state index in [2.05, 4.69) is 5.32 Å². The average molecular weight is 411 g/mol. The predicted molar refractivity (Wildman–Crippen MR) is 105 cm³/mol. The molecule has 4 rings (SSSR count). The van der Waals surface area contributed by atoms with Crippen LogP contribution in [0.3, 0.4) is 0 Å². The van der Waals surface area contributed by atoms with Crippen LogP contribution in [0.4, 0.5) is 0 Å². The first-order valence-electron chi connectivity index (χ1n) is 8.86. The number of hydrogen-bond acceptors (Lipinski definition) is 9. The second-order valence-electron chi connectivity index (χ2n) is 6.59. The minimum atomic E-state index is -0.913. The van der Waals surface area contributed by atoms with Crippen molar-refractivity contribution in [3.05, 3.63) is 64.2 Å². The Morgan fingerprint density at radius 1 is 0.867 bits per heavy atom. The Labute approximate surface area is 168 Å². The maximum Gasteiger partial charge on any atom is 0.238 e. The first-order valence-corrected chi connectivity index (χ1v) is 8.86. The summed E-state index contributed by atoms with van der Waals surface area (Å²) in [6.45, 7) is 0.382. The van der Waals surface area contributed by atoms with Gasteiger partial charge in [-0.15, -0.1) is 0 Å². The summed E-state index contributed by atoms with van der Waals surface area (Å²) in [6, 6.07) is 8.09. The van der Waals surface area contributed by atoms with Gasteiger partial charge in [0.25, 0.3) is 0 Å². The predicted octanol–water partition coefficient (Wildman–Crippen LogP) is 2.87. The molecule has 0 spiro atoms. The normalized spacial score (nSPS) is 11.2. The summed E-state index contributed by atoms with van der Waals surface area (Å²) in [5.41, 5.74) is -0.761. The molecule has 0 bridgehead atoms. The molecule has 0 atom stereocenters. The third kappa shape index (κ3) is 3.27. The fourth-order valence-corrected chi connectivity index (χ4v) is 3.13. The van der Waals surface area contributed by atoms with Crippen molar-refractivity contribution in [2.24, 2.45) is 0 Å². The fourth-order valence-electron chi connectivity index (χ4n) is 3.13. The molecule has 4 aromatic rings. The van der Waals surface area contributed by atoms with E-state index in [1.165, 1.54) is 18.4 Å². The van der Waals surface area contributed by atoms with Crippen LogP contribution in [0.1, 0.15) is 11.3 Å². The Kier molecular flexibility index (Phi) is 4.72. The summed E-state index contributed by atoms with van der Waals surface area (Å²) in [5, 5.41) is 52.8. The van der Waals surface area contributed by atoms with Crippen LogP contribution < -0.4 is 10.7 Å². The van der Waals surface area contributed by atoms with Gasteiger partial charge in [0.05, 0.1) is 18.4 Å². The summed E-state index contributed by atoms with van der Waals surface area (Å²) < 4.78 is 10.9. The molecule has 9 heteroatoms. The van der Waals surface area contributed by atoms with Crippen LogP contribution in [-0.2, 0) is 13.1 Å². The molecule has 0 saturated carbocycles. The molecule has 0 saturated heterocycles. The molecule has 0 aliphatic rings. The van der Waals surface area contributed by atoms with Gasteiger partial charge in [-0.05, 0) is 30.3 Å². The molecule has 6 N–H and O–H groups in total. The van der Waals surface area contributed by atoms with Gasteiger partial charge in [0.1, 0.15) is 22.6 Å². The van der Waals surface area contributed by atoms with E-state index in [9.17, 15) is 30.3 Å². The molecule has 154 valence electrons. The zero-order valence-corrected chi connectivity index (χ0v) is 15.4. The zero-order chi connectivity index (χ0) is 21.4. The number of phenols is 4. The molecule has 9 nitrogen and oxygen atoms in total. The van der Waals surface area contributed by atoms with Crippen LogP contribution in [0, 0.1) is 0 Å². The summed E-state index contributed by atoms with van der Waals surface area (Å²) in [6.07, 6.45) is 1.52. The van der Waals surface area contributed by atoms with Crippen molar-refractivity contribution >= 4 is 11.0 Å². The molecular formula is C21H17NO8. The van der Waals surface area contributed by atoms with Crippen molar-refractivity contribution < 1.29 is 34.4 Å². The van der Waals surface area contributed by atoms with Crippen LogP contribution in [0.15, 0.2) is 56.3 Å². The zero-order valence-electron chi connectivity index (χ0n) is 15.4. The van der Waals surface area contributed by atoms with Crippen molar-refractivity contribution in [2.45, 2.75) is 13.1 Å². The topological polar surface area (TPSA) is 157 Å². The molecule has 0 aliphatic carbocycles. The highest BCUT2D eigenvalue weighted by Crippen LogP contribution is 2.39. The Morgan fingerprint density at radius 3 is 2.37 bits per heavy atom. The molecule has 0 amide bonds. The van der Waals surface area contributed by atoms with Gasteiger partial charge in [0.2, 0.25) is 11.2 Å². The van der Waals surface area contributed by atoms with Gasteiger partial charge in [0, 0.05) is 18.2 Å². The summed E-state index contributed by atoms with van der Waals surface area (Å²) in [4.78, 5) is 12.7. The van der Waals surface area contributed by atoms with Crippen molar-refractivity contribution in [1.82, 2.24) is 5.32 Å². The SMILES string of the molecule is O=c1c(O)c(-c2ccc(O)c(O)c2)oc2c(CNCc3ccco3)c(O)cc(O)c12. The lowest BCUT2D eigenvalue weighted by Gasteiger charge is -2.13. The first kappa shape index (κ1) is 19.2. The second-order valence-corrected chi connectivity index (χ2v) is 6.59. The van der Waals surface area contributed by atoms with E-state index in [0.717, 1.165) is 12.1 Å². The number of nitrogens with one attached hydrogen (secondary N) is 1. The number of fused-ring (bicyclic) bond motifs is 1. The van der Waals surface area contributed by atoms with E-state index >= 15 is 0 Å². The lowest BCUT2D eigenvalue weighted by atomic mass is 10.0. The van der Waals surface area contributed by atoms with Gasteiger partial charge in [-0.25, -0.2) is 0 Å². The van der Waals surface area contributed by atoms with Gasteiger partial charge < -0.3 is 39.7 Å². The molecule has 2 aromatic carbocycles. The lowest BCUT2D eigenvalue weighted by Crippen LogP contribution is -2.13. The Bertz CT molecular complexity index is 1290. The highest BCUT2D eigenvalue weighted by Gasteiger charge is 2.23. The van der Waals surface area contributed by atoms with Gasteiger partial charge in [-0.3, -0.25) is 4.79 Å². The molecule has 0 unspecified atom stereocenters. The van der Waals surface area contributed by atoms with E-state index in [-0.39, 0.29) is 45.9 Å². The second kappa shape index (κ2) is 7.37. The number of furan rings is 1. The largest absolute Gasteiger partial charge is 0.507 e. The first-order chi connectivity index (χ1) is 14.4. The van der Waals surface area contributed by atoms with Gasteiger partial charge in [-0.2, -0.15) is 0 Å². The summed E-state index contributed by atoms with van der Waals surface area (Å²) >= 11 is 0. The quantitative estimate of drug-likeness (QED) is 0.272. The highest BCUT2D eigenvalue weighted by molar-refractivity contribution is 5.91. The van der Waals surface area contributed by atoms with Crippen LogP contribution in [0.2, 0.25) is 0 Å². The number of rotatable bonds is 5. The van der Waals surface area contributed by atoms with Crippen LogP contribution >= 0.6 is 0 Å². The number of hydrogen-bond donors (Lipinski definition) is 6. The van der Waals surface area contributed by atoms with E-state index in [4.69, 9.17) is 8.83 Å². The third-order valence-electron chi connectivity index (χ3n) is 4.62. The fraction of sp³-hybridized carbons (Fsp3) is 0.0952. The Morgan fingerprint density at radius 2 is 1.67 bits per heavy atom. The Hall–Kier alpha value is -4.11. The molecule has 0 fully saturated rings. The molecule has 2 heterocycles. The summed E-state index contributed by atoms with van der Waals surface area (Å²) in [7, 11) is 0. The monoisotopic (exact) mass is 411 g/mol. The standard InChI is InChI=1S/C21H17NO8/c23-13-4-3-10(6-15(13)25)20-19(28)18(27)17-16(26)7-14(24)12(21(17)30-20)9-22-8-11-2-1-5-29-11/h1-7,22-26,28H,8-9H2. The van der Waals surface area contributed by atoms with E-state index in [1.54, 1.807) is 12.1 Å². The van der Waals surface area contributed by atoms with E-state index < -0.39 is 22.7 Å². The molecule has 30 heavy (non-hydrogen) atoms. The van der Waals surface area contributed by atoms with Crippen LogP contribution in [0.5, 0.6) is 28.7 Å². The van der Waals surface area contributed by atoms with Crippen molar-refractivity contribution in [2.75, 3.05) is 0 Å². The number of aromatic hydroxyl groups is 5. The van der Waals surface area contributed by atoms with Gasteiger partial charge in [0.15, 0.2) is 22.8 Å². The maximum atomic E-state index is 12.7. The Balaban J connectivity index is 1.86. The van der Waals surface area contributed by atoms with Crippen LogP contribution in [-0.4, -0.2) is 25.5 Å². The van der Waals surface area contributed by atoms with E-state index in [1.807, 2.05) is 0 Å². The third-order valence-corrected chi connectivity index (χ3v) is 4.62. The van der Waals surface area contributed by atoms with Gasteiger partial charge in [-0.1, -0.05) is 0 Å². The highest BCUT2D eigenvalue weighted by atomic mass is 16.4. The minimum absolute atomic E-state index is 0.0529. The maximum absolute atomic E-state index is 12.7. The van der Waals surface area contributed by atoms with Gasteiger partial charge >= 0.3 is 0 Å². The minimum Gasteiger partial charge on any atom is -0.507 e. The summed E-state index contributed by atoms with van der Waals surface area (Å²) in [5.74, 6) is -2.17. The van der Waals surface area contributed by atoms with Crippen LogP contribution in [0.25, 0.3) is 22.3 Å². The number of benzene rings is 2. The lowest BCUT2D eigenvalue weighted by molar-refractivity contribution is 0.403. The molecule has 0 radical (unpaired) electrons. The van der Waals surface area contributed by atoms with E-state index in [0.29, 0.717) is 12.3 Å². The molecule has 2 aromatic heterocycles. The molecular weight excluding hydrogens is 394 g/mol. The van der Waals surface area contributed by atoms with Crippen molar-refractivity contribution in [3.63, 3.8) is 0 Å². The average Bonchev–Trinajstić information content (AvgIpc) is 3.22.